The van der Waals surface area contributed by atoms with E-state index in [9.17, 15) is 9.90 Å². The van der Waals surface area contributed by atoms with Gasteiger partial charge in [-0.2, -0.15) is 5.10 Å². The van der Waals surface area contributed by atoms with E-state index in [1.54, 1.807) is 9.58 Å². The Kier molecular flexibility index (Phi) is 5.08. The Morgan fingerprint density at radius 2 is 1.96 bits per heavy atom. The van der Waals surface area contributed by atoms with Gasteiger partial charge in [-0.05, 0) is 18.1 Å². The highest BCUT2D eigenvalue weighted by atomic mass is 16.6. The summed E-state index contributed by atoms with van der Waals surface area (Å²) in [7, 11) is 0. The molecule has 28 heavy (non-hydrogen) atoms. The van der Waals surface area contributed by atoms with Crippen molar-refractivity contribution in [2.24, 2.45) is 0 Å². The minimum atomic E-state index is -0.927. The molecule has 1 unspecified atom stereocenters. The van der Waals surface area contributed by atoms with Gasteiger partial charge in [-0.15, -0.1) is 0 Å². The van der Waals surface area contributed by atoms with Crippen LogP contribution >= 0.6 is 0 Å². The van der Waals surface area contributed by atoms with Crippen molar-refractivity contribution >= 4 is 6.09 Å². The van der Waals surface area contributed by atoms with Gasteiger partial charge in [0, 0.05) is 0 Å². The number of nitrogens with zero attached hydrogens (tertiary/aromatic N) is 4. The van der Waals surface area contributed by atoms with Crippen molar-refractivity contribution in [2.45, 2.75) is 26.1 Å². The molecule has 7 nitrogen and oxygen atoms in total. The normalized spacial score (nSPS) is 14.9. The zero-order valence-electron chi connectivity index (χ0n) is 15.7. The molecule has 3 aromatic rings. The van der Waals surface area contributed by atoms with Crippen LogP contribution in [-0.2, 0) is 17.8 Å². The van der Waals surface area contributed by atoms with Crippen LogP contribution in [0.1, 0.15) is 34.4 Å². The van der Waals surface area contributed by atoms with Gasteiger partial charge in [0.2, 0.25) is 0 Å². The first-order valence-corrected chi connectivity index (χ1v) is 9.24. The molecule has 1 aromatic heterocycles. The van der Waals surface area contributed by atoms with Crippen molar-refractivity contribution < 1.29 is 14.6 Å². The predicted octanol–water partition coefficient (Wildman–Crippen LogP) is 2.67. The lowest BCUT2D eigenvalue weighted by Gasteiger charge is -2.13. The van der Waals surface area contributed by atoms with Gasteiger partial charge in [-0.1, -0.05) is 60.2 Å². The Hall–Kier alpha value is -3.19. The van der Waals surface area contributed by atoms with Crippen LogP contribution < -0.4 is 0 Å². The van der Waals surface area contributed by atoms with E-state index in [1.807, 2.05) is 55.5 Å². The summed E-state index contributed by atoms with van der Waals surface area (Å²) >= 11 is 0. The summed E-state index contributed by atoms with van der Waals surface area (Å²) in [6, 6.07) is 17.4. The van der Waals surface area contributed by atoms with Crippen LogP contribution in [0.15, 0.2) is 54.6 Å². The number of ether oxygens (including phenoxy) is 1. The smallest absolute Gasteiger partial charge is 0.410 e. The number of amides is 1. The third kappa shape index (κ3) is 3.89. The lowest BCUT2D eigenvalue weighted by Crippen LogP contribution is -2.26. The van der Waals surface area contributed by atoms with E-state index in [0.29, 0.717) is 37.9 Å². The van der Waals surface area contributed by atoms with Crippen molar-refractivity contribution in [1.29, 1.82) is 0 Å². The topological polar surface area (TPSA) is 80.5 Å². The fraction of sp³-hybridized carbons (Fsp3) is 0.286. The van der Waals surface area contributed by atoms with E-state index in [-0.39, 0.29) is 6.09 Å². The number of aryl methyl sites for hydroxylation is 1. The molecule has 0 bridgehead atoms. The molecule has 2 heterocycles. The van der Waals surface area contributed by atoms with Crippen molar-refractivity contribution in [1.82, 2.24) is 19.7 Å². The number of hydrogen-bond acceptors (Lipinski definition) is 5. The quantitative estimate of drug-likeness (QED) is 0.713. The maximum Gasteiger partial charge on any atom is 0.410 e. The Balaban J connectivity index is 1.65. The average Bonchev–Trinajstić information content (AvgIpc) is 3.29. The van der Waals surface area contributed by atoms with Crippen molar-refractivity contribution in [3.05, 3.63) is 82.9 Å². The molecule has 7 heteroatoms. The van der Waals surface area contributed by atoms with Gasteiger partial charge in [0.05, 0.1) is 19.6 Å². The van der Waals surface area contributed by atoms with E-state index < -0.39 is 6.10 Å². The summed E-state index contributed by atoms with van der Waals surface area (Å²) in [5.41, 5.74) is 2.96. The molecule has 1 atom stereocenters. The number of carbonyl (C=O) groups excluding carboxylic acids is 1. The van der Waals surface area contributed by atoms with Gasteiger partial charge in [0.1, 0.15) is 18.5 Å². The molecule has 4 rings (SSSR count). The van der Waals surface area contributed by atoms with Gasteiger partial charge < -0.3 is 9.84 Å². The van der Waals surface area contributed by atoms with Crippen LogP contribution in [0.5, 0.6) is 0 Å². The summed E-state index contributed by atoms with van der Waals surface area (Å²) in [5.74, 6) is 0.937. The summed E-state index contributed by atoms with van der Waals surface area (Å²) in [6.07, 6.45) is -1.28. The molecule has 1 aliphatic heterocycles. The molecular formula is C21H22N4O3. The minimum absolute atomic E-state index is 0.291. The van der Waals surface area contributed by atoms with E-state index in [4.69, 9.17) is 4.74 Å². The first kappa shape index (κ1) is 18.2. The van der Waals surface area contributed by atoms with E-state index in [0.717, 1.165) is 16.7 Å². The van der Waals surface area contributed by atoms with Crippen molar-refractivity contribution in [2.75, 3.05) is 13.2 Å². The van der Waals surface area contributed by atoms with Gasteiger partial charge >= 0.3 is 6.09 Å². The van der Waals surface area contributed by atoms with Crippen LogP contribution in [0.4, 0.5) is 4.79 Å². The van der Waals surface area contributed by atoms with Gasteiger partial charge in [0.25, 0.3) is 0 Å². The Morgan fingerprint density at radius 3 is 2.68 bits per heavy atom. The molecule has 0 spiro atoms. The monoisotopic (exact) mass is 378 g/mol. The highest BCUT2D eigenvalue weighted by Crippen LogP contribution is 2.21. The fourth-order valence-corrected chi connectivity index (χ4v) is 3.26. The second-order valence-corrected chi connectivity index (χ2v) is 6.88. The Labute approximate surface area is 163 Å². The first-order valence-electron chi connectivity index (χ1n) is 9.24. The van der Waals surface area contributed by atoms with E-state index in [1.165, 1.54) is 0 Å². The molecule has 1 fully saturated rings. The highest BCUT2D eigenvalue weighted by molar-refractivity contribution is 5.69. The largest absolute Gasteiger partial charge is 0.448 e. The highest BCUT2D eigenvalue weighted by Gasteiger charge is 2.26. The second kappa shape index (κ2) is 7.82. The molecule has 1 N–H and O–H groups in total. The number of benzene rings is 2. The summed E-state index contributed by atoms with van der Waals surface area (Å²) < 4.78 is 6.77. The molecular weight excluding hydrogens is 356 g/mol. The third-order valence-electron chi connectivity index (χ3n) is 4.72. The van der Waals surface area contributed by atoms with Crippen LogP contribution in [0.3, 0.4) is 0 Å². The van der Waals surface area contributed by atoms with E-state index in [2.05, 4.69) is 16.1 Å². The Morgan fingerprint density at radius 1 is 1.14 bits per heavy atom. The van der Waals surface area contributed by atoms with Crippen molar-refractivity contribution in [3.63, 3.8) is 0 Å². The van der Waals surface area contributed by atoms with Crippen LogP contribution in [-0.4, -0.2) is 44.0 Å². The maximum atomic E-state index is 11.9. The lowest BCUT2D eigenvalue weighted by atomic mass is 10.1. The number of hydrogen-bond donors (Lipinski definition) is 1. The van der Waals surface area contributed by atoms with Crippen molar-refractivity contribution in [3.8, 4) is 0 Å². The molecule has 1 amide bonds. The van der Waals surface area contributed by atoms with Gasteiger partial charge in [-0.25, -0.2) is 14.5 Å². The van der Waals surface area contributed by atoms with E-state index >= 15 is 0 Å². The minimum Gasteiger partial charge on any atom is -0.448 e. The molecule has 2 aromatic carbocycles. The predicted molar refractivity (Wildman–Crippen MR) is 103 cm³/mol. The van der Waals surface area contributed by atoms with Crippen LogP contribution in [0.25, 0.3) is 0 Å². The molecule has 0 saturated carbocycles. The number of cyclic esters (lactones) is 1. The van der Waals surface area contributed by atoms with Gasteiger partial charge in [-0.3, -0.25) is 4.90 Å². The number of aliphatic hydroxyl groups excluding tert-OH is 1. The Bertz CT molecular complexity index is 971. The first-order chi connectivity index (χ1) is 13.6. The third-order valence-corrected chi connectivity index (χ3v) is 4.72. The number of rotatable bonds is 6. The van der Waals surface area contributed by atoms with Crippen LogP contribution in [0.2, 0.25) is 0 Å². The molecule has 1 aliphatic rings. The SMILES string of the molecule is Cc1cccc(Cn2nc(C(O)c3ccccc3)nc2CN2CCOC2=O)c1. The zero-order chi connectivity index (χ0) is 19.5. The maximum absolute atomic E-state index is 11.9. The standard InChI is InChI=1S/C21H22N4O3/c1-15-6-5-7-16(12-15)13-25-18(14-24-10-11-28-21(24)27)22-20(23-25)19(26)17-8-3-2-4-9-17/h2-9,12,19,26H,10-11,13-14H2,1H3. The average molecular weight is 378 g/mol. The van der Waals surface area contributed by atoms with Gasteiger partial charge in [0.15, 0.2) is 5.82 Å². The molecule has 0 aliphatic carbocycles. The number of carbonyl (C=O) groups is 1. The summed E-state index contributed by atoms with van der Waals surface area (Å²) in [4.78, 5) is 18.0. The summed E-state index contributed by atoms with van der Waals surface area (Å²) in [5, 5.41) is 15.3. The fourth-order valence-electron chi connectivity index (χ4n) is 3.26. The zero-order valence-corrected chi connectivity index (χ0v) is 15.7. The second-order valence-electron chi connectivity index (χ2n) is 6.88. The molecule has 0 radical (unpaired) electrons. The number of aromatic nitrogens is 3. The molecule has 144 valence electrons. The summed E-state index contributed by atoms with van der Waals surface area (Å²) in [6.45, 7) is 3.74. The lowest BCUT2D eigenvalue weighted by molar-refractivity contribution is 0.156. The number of aliphatic hydroxyl groups is 1. The molecule has 1 saturated heterocycles. The van der Waals surface area contributed by atoms with Crippen LogP contribution in [0, 0.1) is 6.92 Å².